The van der Waals surface area contributed by atoms with E-state index in [1.807, 2.05) is 13.0 Å². The van der Waals surface area contributed by atoms with Crippen molar-refractivity contribution in [2.45, 2.75) is 26.4 Å². The highest BCUT2D eigenvalue weighted by molar-refractivity contribution is 6.13. The summed E-state index contributed by atoms with van der Waals surface area (Å²) in [4.78, 5) is 14.5. The predicted octanol–water partition coefficient (Wildman–Crippen LogP) is 6.14. The Labute approximate surface area is 167 Å². The third kappa shape index (κ3) is 4.26. The van der Waals surface area contributed by atoms with Gasteiger partial charge in [-0.05, 0) is 55.3 Å². The molecule has 3 aromatic carbocycles. The van der Waals surface area contributed by atoms with Gasteiger partial charge >= 0.3 is 6.18 Å². The van der Waals surface area contributed by atoms with Gasteiger partial charge in [0.1, 0.15) is 0 Å². The highest BCUT2D eigenvalue weighted by Gasteiger charge is 2.37. The molecule has 0 aliphatic heterocycles. The van der Waals surface area contributed by atoms with Crippen LogP contribution >= 0.6 is 0 Å². The number of carbonyl (C=O) groups excluding carboxylic acids is 1. The van der Waals surface area contributed by atoms with Crippen LogP contribution in [-0.2, 0) is 12.6 Å². The molecule has 0 aromatic heterocycles. The van der Waals surface area contributed by atoms with E-state index in [1.54, 1.807) is 49.4 Å². The zero-order chi connectivity index (χ0) is 21.2. The lowest BCUT2D eigenvalue weighted by molar-refractivity contribution is -0.137. The number of halogens is 3. The third-order valence-electron chi connectivity index (χ3n) is 4.67. The van der Waals surface area contributed by atoms with Crippen LogP contribution in [0.5, 0.6) is 0 Å². The van der Waals surface area contributed by atoms with E-state index in [9.17, 15) is 18.0 Å². The number of rotatable bonds is 4. The van der Waals surface area contributed by atoms with Gasteiger partial charge in [0.2, 0.25) is 0 Å². The standard InChI is InChI=1S/C23H21F3N2O/c1-3-16-7-6-8-17(14-16)28(22(29)18-9-4-5-10-20(18)27)21-12-11-15(2)13-19(21)23(24,25)26/h4-14H,3,27H2,1-2H3. The summed E-state index contributed by atoms with van der Waals surface area (Å²) in [6, 6.07) is 17.2. The Balaban J connectivity index is 2.27. The number of hydrogen-bond donors (Lipinski definition) is 1. The lowest BCUT2D eigenvalue weighted by Gasteiger charge is -2.27. The van der Waals surface area contributed by atoms with Gasteiger partial charge in [-0.3, -0.25) is 9.69 Å². The molecule has 0 fully saturated rings. The van der Waals surface area contributed by atoms with Crippen molar-refractivity contribution in [3.05, 3.63) is 89.0 Å². The summed E-state index contributed by atoms with van der Waals surface area (Å²) in [5.41, 5.74) is 6.90. The van der Waals surface area contributed by atoms with Crippen LogP contribution in [-0.4, -0.2) is 5.91 Å². The Morgan fingerprint density at radius 2 is 1.72 bits per heavy atom. The second-order valence-corrected chi connectivity index (χ2v) is 6.77. The van der Waals surface area contributed by atoms with Crippen molar-refractivity contribution >= 4 is 23.0 Å². The fourth-order valence-corrected chi connectivity index (χ4v) is 3.17. The number of nitrogens with two attached hydrogens (primary N) is 1. The SMILES string of the molecule is CCc1cccc(N(C(=O)c2ccccc2N)c2ccc(C)cc2C(F)(F)F)c1. The first-order valence-electron chi connectivity index (χ1n) is 9.18. The molecule has 0 aliphatic carbocycles. The van der Waals surface area contributed by atoms with E-state index in [1.165, 1.54) is 12.1 Å². The minimum absolute atomic E-state index is 0.142. The maximum atomic E-state index is 13.8. The molecule has 0 saturated heterocycles. The fourth-order valence-electron chi connectivity index (χ4n) is 3.17. The summed E-state index contributed by atoms with van der Waals surface area (Å²) < 4.78 is 41.5. The van der Waals surface area contributed by atoms with Crippen molar-refractivity contribution in [1.29, 1.82) is 0 Å². The maximum absolute atomic E-state index is 13.8. The summed E-state index contributed by atoms with van der Waals surface area (Å²) in [5.74, 6) is -0.620. The molecule has 0 unspecified atom stereocenters. The van der Waals surface area contributed by atoms with E-state index in [0.717, 1.165) is 16.5 Å². The monoisotopic (exact) mass is 398 g/mol. The fraction of sp³-hybridized carbons (Fsp3) is 0.174. The number of para-hydroxylation sites is 1. The summed E-state index contributed by atoms with van der Waals surface area (Å²) in [5, 5.41) is 0. The van der Waals surface area contributed by atoms with Crippen LogP contribution in [0.4, 0.5) is 30.2 Å². The van der Waals surface area contributed by atoms with E-state index >= 15 is 0 Å². The van der Waals surface area contributed by atoms with E-state index in [0.29, 0.717) is 17.7 Å². The van der Waals surface area contributed by atoms with Gasteiger partial charge in [0.25, 0.3) is 5.91 Å². The maximum Gasteiger partial charge on any atom is 0.418 e. The number of nitrogen functional groups attached to an aromatic ring is 1. The zero-order valence-corrected chi connectivity index (χ0v) is 16.1. The smallest absolute Gasteiger partial charge is 0.398 e. The molecule has 6 heteroatoms. The van der Waals surface area contributed by atoms with Gasteiger partial charge in [0.15, 0.2) is 0 Å². The first kappa shape index (κ1) is 20.5. The lowest BCUT2D eigenvalue weighted by atomic mass is 10.0. The summed E-state index contributed by atoms with van der Waals surface area (Å²) >= 11 is 0. The summed E-state index contributed by atoms with van der Waals surface area (Å²) in [6.07, 6.45) is -3.94. The molecule has 0 radical (unpaired) electrons. The topological polar surface area (TPSA) is 46.3 Å². The van der Waals surface area contributed by atoms with Gasteiger partial charge in [0, 0.05) is 11.4 Å². The number of nitrogens with zero attached hydrogens (tertiary/aromatic N) is 1. The number of anilines is 3. The van der Waals surface area contributed by atoms with E-state index in [2.05, 4.69) is 0 Å². The highest BCUT2D eigenvalue weighted by atomic mass is 19.4. The summed E-state index contributed by atoms with van der Waals surface area (Å²) in [7, 11) is 0. The minimum atomic E-state index is -4.62. The quantitative estimate of drug-likeness (QED) is 0.537. The highest BCUT2D eigenvalue weighted by Crippen LogP contribution is 2.41. The Morgan fingerprint density at radius 3 is 2.38 bits per heavy atom. The lowest BCUT2D eigenvalue weighted by Crippen LogP contribution is -2.29. The molecule has 0 spiro atoms. The van der Waals surface area contributed by atoms with Crippen molar-refractivity contribution in [2.75, 3.05) is 10.6 Å². The molecule has 2 N–H and O–H groups in total. The summed E-state index contributed by atoms with van der Waals surface area (Å²) in [6.45, 7) is 3.52. The van der Waals surface area contributed by atoms with Crippen LogP contribution in [0.2, 0.25) is 0 Å². The second-order valence-electron chi connectivity index (χ2n) is 6.77. The molecular formula is C23H21F3N2O. The van der Waals surface area contributed by atoms with Gasteiger partial charge in [-0.1, -0.05) is 42.8 Å². The normalized spacial score (nSPS) is 11.3. The predicted molar refractivity (Wildman–Crippen MR) is 109 cm³/mol. The average Bonchev–Trinajstić information content (AvgIpc) is 2.69. The third-order valence-corrected chi connectivity index (χ3v) is 4.67. The Kier molecular flexibility index (Phi) is 5.64. The molecule has 3 rings (SSSR count). The zero-order valence-electron chi connectivity index (χ0n) is 16.1. The van der Waals surface area contributed by atoms with Gasteiger partial charge in [-0.15, -0.1) is 0 Å². The largest absolute Gasteiger partial charge is 0.418 e. The van der Waals surface area contributed by atoms with Gasteiger partial charge in [0.05, 0.1) is 16.8 Å². The van der Waals surface area contributed by atoms with Crippen molar-refractivity contribution in [3.63, 3.8) is 0 Å². The van der Waals surface area contributed by atoms with Crippen LogP contribution in [0, 0.1) is 6.92 Å². The van der Waals surface area contributed by atoms with Crippen LogP contribution in [0.15, 0.2) is 66.7 Å². The van der Waals surface area contributed by atoms with Crippen molar-refractivity contribution in [2.24, 2.45) is 0 Å². The molecule has 3 aromatic rings. The molecule has 3 nitrogen and oxygen atoms in total. The molecule has 0 heterocycles. The molecule has 0 aliphatic rings. The number of benzene rings is 3. The first-order valence-corrected chi connectivity index (χ1v) is 9.18. The number of amides is 1. The number of hydrogen-bond acceptors (Lipinski definition) is 2. The van der Waals surface area contributed by atoms with Gasteiger partial charge < -0.3 is 5.73 Å². The van der Waals surface area contributed by atoms with Crippen molar-refractivity contribution in [3.8, 4) is 0 Å². The molecule has 0 atom stereocenters. The number of alkyl halides is 3. The van der Waals surface area contributed by atoms with Crippen LogP contribution in [0.25, 0.3) is 0 Å². The van der Waals surface area contributed by atoms with Gasteiger partial charge in [-0.2, -0.15) is 13.2 Å². The van der Waals surface area contributed by atoms with Crippen LogP contribution < -0.4 is 10.6 Å². The van der Waals surface area contributed by atoms with E-state index in [4.69, 9.17) is 5.73 Å². The molecule has 1 amide bonds. The molecular weight excluding hydrogens is 377 g/mol. The van der Waals surface area contributed by atoms with E-state index < -0.39 is 17.6 Å². The van der Waals surface area contributed by atoms with E-state index in [-0.39, 0.29) is 16.9 Å². The van der Waals surface area contributed by atoms with Crippen LogP contribution in [0.3, 0.4) is 0 Å². The molecule has 0 bridgehead atoms. The molecule has 0 saturated carbocycles. The first-order chi connectivity index (χ1) is 13.7. The second kappa shape index (κ2) is 7.99. The Hall–Kier alpha value is -3.28. The number of aryl methyl sites for hydroxylation is 2. The molecule has 29 heavy (non-hydrogen) atoms. The van der Waals surface area contributed by atoms with Gasteiger partial charge in [-0.25, -0.2) is 0 Å². The Morgan fingerprint density at radius 1 is 1.00 bits per heavy atom. The number of carbonyl (C=O) groups is 1. The molecule has 150 valence electrons. The van der Waals surface area contributed by atoms with Crippen molar-refractivity contribution < 1.29 is 18.0 Å². The minimum Gasteiger partial charge on any atom is -0.398 e. The Bertz CT molecular complexity index is 1040. The average molecular weight is 398 g/mol. The van der Waals surface area contributed by atoms with Crippen LogP contribution in [0.1, 0.15) is 34.0 Å². The van der Waals surface area contributed by atoms with Crippen molar-refractivity contribution in [1.82, 2.24) is 0 Å².